The van der Waals surface area contributed by atoms with Crippen LogP contribution in [-0.4, -0.2) is 0 Å². The number of anilines is 2. The van der Waals surface area contributed by atoms with Crippen LogP contribution in [0.4, 0.5) is 11.4 Å². The van der Waals surface area contributed by atoms with E-state index in [-0.39, 0.29) is 10.8 Å². The van der Waals surface area contributed by atoms with Crippen molar-refractivity contribution in [2.24, 2.45) is 0 Å². The van der Waals surface area contributed by atoms with Crippen LogP contribution in [0.5, 0.6) is 0 Å². The summed E-state index contributed by atoms with van der Waals surface area (Å²) in [5.41, 5.74) is 17.5. The van der Waals surface area contributed by atoms with Crippen LogP contribution in [0.3, 0.4) is 0 Å². The van der Waals surface area contributed by atoms with Gasteiger partial charge in [-0.15, -0.1) is 0 Å². The van der Waals surface area contributed by atoms with Crippen molar-refractivity contribution in [3.63, 3.8) is 0 Å². The Morgan fingerprint density at radius 1 is 0.490 bits per heavy atom. The second kappa shape index (κ2) is 11.1. The van der Waals surface area contributed by atoms with E-state index in [1.165, 1.54) is 77.8 Å². The monoisotopic (exact) mass is 657 g/mol. The fourth-order valence-corrected chi connectivity index (χ4v) is 9.34. The Bertz CT molecular complexity index is 2600. The minimum Gasteiger partial charge on any atom is -0.456 e. The number of fused-ring (bicyclic) bond motifs is 9. The molecule has 0 unspecified atom stereocenters. The SMILES string of the molecule is CC1(C)c2ccccc2-c2ccc(N(Cc3ccc4oc5ccccc5c4c3CC3(C)c4ccccc4-c4ccccc43)c3ccccc3)cc21. The average molecular weight is 658 g/mol. The molecular formula is C49H39NO. The summed E-state index contributed by atoms with van der Waals surface area (Å²) in [7, 11) is 0. The van der Waals surface area contributed by atoms with Crippen molar-refractivity contribution in [1.82, 2.24) is 0 Å². The molecule has 2 aliphatic carbocycles. The van der Waals surface area contributed by atoms with Crippen molar-refractivity contribution >= 4 is 33.3 Å². The first-order chi connectivity index (χ1) is 24.9. The van der Waals surface area contributed by atoms with E-state index < -0.39 is 0 Å². The van der Waals surface area contributed by atoms with Gasteiger partial charge >= 0.3 is 0 Å². The molecule has 0 saturated carbocycles. The summed E-state index contributed by atoms with van der Waals surface area (Å²) in [6.45, 7) is 7.89. The van der Waals surface area contributed by atoms with Crippen LogP contribution in [0.15, 0.2) is 162 Å². The van der Waals surface area contributed by atoms with Gasteiger partial charge in [0.1, 0.15) is 11.2 Å². The van der Waals surface area contributed by atoms with Gasteiger partial charge in [-0.1, -0.05) is 142 Å². The van der Waals surface area contributed by atoms with Crippen LogP contribution < -0.4 is 4.90 Å². The molecule has 0 fully saturated rings. The van der Waals surface area contributed by atoms with E-state index in [0.29, 0.717) is 0 Å². The molecule has 0 saturated heterocycles. The van der Waals surface area contributed by atoms with Gasteiger partial charge in [0.05, 0.1) is 0 Å². The highest BCUT2D eigenvalue weighted by Gasteiger charge is 2.40. The fraction of sp³-hybridized carbons (Fsp3) is 0.143. The van der Waals surface area contributed by atoms with Crippen molar-refractivity contribution in [3.8, 4) is 22.3 Å². The first-order valence-corrected chi connectivity index (χ1v) is 18.1. The lowest BCUT2D eigenvalue weighted by atomic mass is 9.74. The quantitative estimate of drug-likeness (QED) is 0.177. The maximum Gasteiger partial charge on any atom is 0.135 e. The Morgan fingerprint density at radius 3 is 1.80 bits per heavy atom. The van der Waals surface area contributed by atoms with E-state index in [0.717, 1.165) is 24.1 Å². The Balaban J connectivity index is 1.17. The summed E-state index contributed by atoms with van der Waals surface area (Å²) < 4.78 is 6.55. The van der Waals surface area contributed by atoms with Gasteiger partial charge < -0.3 is 9.32 Å². The molecular weight excluding hydrogens is 619 g/mol. The van der Waals surface area contributed by atoms with E-state index in [1.54, 1.807) is 0 Å². The smallest absolute Gasteiger partial charge is 0.135 e. The lowest BCUT2D eigenvalue weighted by molar-refractivity contribution is 0.581. The zero-order chi connectivity index (χ0) is 34.3. The van der Waals surface area contributed by atoms with Gasteiger partial charge in [-0.3, -0.25) is 0 Å². The number of para-hydroxylation sites is 2. The van der Waals surface area contributed by atoms with Crippen LogP contribution in [0.1, 0.15) is 54.2 Å². The molecule has 0 bridgehead atoms. The van der Waals surface area contributed by atoms with Gasteiger partial charge in [0.15, 0.2) is 0 Å². The van der Waals surface area contributed by atoms with Crippen LogP contribution in [-0.2, 0) is 23.8 Å². The molecule has 2 nitrogen and oxygen atoms in total. The van der Waals surface area contributed by atoms with Crippen LogP contribution >= 0.6 is 0 Å². The largest absolute Gasteiger partial charge is 0.456 e. The van der Waals surface area contributed by atoms with E-state index in [4.69, 9.17) is 4.42 Å². The van der Waals surface area contributed by atoms with Gasteiger partial charge in [0, 0.05) is 39.5 Å². The summed E-state index contributed by atoms with van der Waals surface area (Å²) in [6, 6.07) is 57.9. The Kier molecular flexibility index (Phi) is 6.51. The minimum absolute atomic E-state index is 0.0814. The topological polar surface area (TPSA) is 16.4 Å². The summed E-state index contributed by atoms with van der Waals surface area (Å²) in [6.07, 6.45) is 0.854. The van der Waals surface area contributed by atoms with Crippen molar-refractivity contribution in [3.05, 3.63) is 191 Å². The van der Waals surface area contributed by atoms with Crippen molar-refractivity contribution in [2.75, 3.05) is 4.90 Å². The molecule has 1 heterocycles. The Labute approximate surface area is 299 Å². The standard InChI is InChI=1S/C49H39NO/c1-48(2)41-21-11-7-17-35(41)38-27-26-34(29-44(38)48)50(33-15-5-4-6-16-33)31-32-25-28-46-47(39-20-10-14-24-45(39)51-46)40(32)30-49(3)42-22-12-8-18-36(42)37-19-9-13-23-43(37)49/h4-29H,30-31H2,1-3H3. The molecule has 0 aliphatic heterocycles. The average Bonchev–Trinajstić information content (AvgIpc) is 3.76. The molecule has 7 aromatic carbocycles. The third kappa shape index (κ3) is 4.42. The predicted octanol–water partition coefficient (Wildman–Crippen LogP) is 12.8. The molecule has 10 rings (SSSR count). The highest BCUT2D eigenvalue weighted by Crippen LogP contribution is 2.53. The molecule has 246 valence electrons. The fourth-order valence-electron chi connectivity index (χ4n) is 9.34. The first kappa shape index (κ1) is 30.0. The van der Waals surface area contributed by atoms with Crippen molar-refractivity contribution in [1.29, 1.82) is 0 Å². The molecule has 8 aromatic rings. The van der Waals surface area contributed by atoms with Gasteiger partial charge in [-0.2, -0.15) is 0 Å². The lowest BCUT2D eigenvalue weighted by Gasteiger charge is -2.31. The van der Waals surface area contributed by atoms with E-state index in [1.807, 2.05) is 0 Å². The molecule has 2 heteroatoms. The van der Waals surface area contributed by atoms with Gasteiger partial charge in [-0.05, 0) is 98.5 Å². The molecule has 0 spiro atoms. The van der Waals surface area contributed by atoms with Gasteiger partial charge in [0.25, 0.3) is 0 Å². The lowest BCUT2D eigenvalue weighted by Crippen LogP contribution is -2.26. The Morgan fingerprint density at radius 2 is 1.08 bits per heavy atom. The second-order valence-electron chi connectivity index (χ2n) is 15.1. The maximum absolute atomic E-state index is 6.55. The predicted molar refractivity (Wildman–Crippen MR) is 212 cm³/mol. The third-order valence-corrected chi connectivity index (χ3v) is 11.9. The summed E-state index contributed by atoms with van der Waals surface area (Å²) in [5.74, 6) is 0. The summed E-state index contributed by atoms with van der Waals surface area (Å²) in [5, 5.41) is 2.40. The molecule has 1 aromatic heterocycles. The normalized spacial score (nSPS) is 14.6. The van der Waals surface area contributed by atoms with Gasteiger partial charge in [0.2, 0.25) is 0 Å². The highest BCUT2D eigenvalue weighted by atomic mass is 16.3. The second-order valence-corrected chi connectivity index (χ2v) is 15.1. The van der Waals surface area contributed by atoms with E-state index >= 15 is 0 Å². The van der Waals surface area contributed by atoms with Gasteiger partial charge in [-0.25, -0.2) is 0 Å². The number of hydrogen-bond acceptors (Lipinski definition) is 2. The van der Waals surface area contributed by atoms with Crippen molar-refractivity contribution in [2.45, 2.75) is 44.6 Å². The van der Waals surface area contributed by atoms with E-state index in [9.17, 15) is 0 Å². The molecule has 0 radical (unpaired) electrons. The van der Waals surface area contributed by atoms with Crippen LogP contribution in [0.25, 0.3) is 44.2 Å². The zero-order valence-electron chi connectivity index (χ0n) is 29.3. The number of hydrogen-bond donors (Lipinski definition) is 0. The molecule has 0 atom stereocenters. The molecule has 0 N–H and O–H groups in total. The molecule has 2 aliphatic rings. The number of furan rings is 1. The summed E-state index contributed by atoms with van der Waals surface area (Å²) >= 11 is 0. The summed E-state index contributed by atoms with van der Waals surface area (Å²) in [4.78, 5) is 2.51. The van der Waals surface area contributed by atoms with Crippen LogP contribution in [0.2, 0.25) is 0 Å². The number of rotatable bonds is 6. The minimum atomic E-state index is -0.213. The van der Waals surface area contributed by atoms with Crippen molar-refractivity contribution < 1.29 is 4.42 Å². The first-order valence-electron chi connectivity index (χ1n) is 18.1. The highest BCUT2D eigenvalue weighted by molar-refractivity contribution is 6.07. The molecule has 51 heavy (non-hydrogen) atoms. The third-order valence-electron chi connectivity index (χ3n) is 11.9. The Hall–Kier alpha value is -5.86. The van der Waals surface area contributed by atoms with Crippen LogP contribution in [0, 0.1) is 0 Å². The number of nitrogens with zero attached hydrogens (tertiary/aromatic N) is 1. The zero-order valence-corrected chi connectivity index (χ0v) is 29.3. The maximum atomic E-state index is 6.55. The number of benzene rings is 7. The molecule has 0 amide bonds. The van der Waals surface area contributed by atoms with E-state index in [2.05, 4.69) is 183 Å².